The summed E-state index contributed by atoms with van der Waals surface area (Å²) in [5.74, 6) is -4.98. The fraction of sp³-hybridized carbons (Fsp3) is 0.167. The summed E-state index contributed by atoms with van der Waals surface area (Å²) in [6.07, 6.45) is 0.963. The number of esters is 2. The summed E-state index contributed by atoms with van der Waals surface area (Å²) in [6.45, 7) is 3.63. The number of hydrogen-bond donors (Lipinski definition) is 3. The number of halogens is 5. The summed E-state index contributed by atoms with van der Waals surface area (Å²) < 4.78 is 22.4. The number of carbonyl (C=O) groups excluding carboxylic acids is 2. The molecule has 52 heavy (non-hydrogen) atoms. The number of aromatic nitrogens is 2. The van der Waals surface area contributed by atoms with Crippen LogP contribution in [0.25, 0.3) is 0 Å². The zero-order chi connectivity index (χ0) is 38.4. The molecular weight excluding hydrogens is 886 g/mol. The molecule has 274 valence electrons. The van der Waals surface area contributed by atoms with Crippen LogP contribution in [0.4, 0.5) is 0 Å². The SMILES string of the molecule is CCOC(=O)c1c(Cl)cc(Cc2ccc(Br)cc2)[nH]c1=O.CCOC(=O)c1c(O)cc(Cc2ccc(Br)cc2)[nH]c1=O.O=P(Cl)(Cl)c1ccccc1. The molecule has 0 unspecified atom stereocenters. The van der Waals surface area contributed by atoms with Gasteiger partial charge in [-0.2, -0.15) is 0 Å². The van der Waals surface area contributed by atoms with Crippen molar-refractivity contribution in [1.29, 1.82) is 0 Å². The Morgan fingerprint density at radius 1 is 0.712 bits per heavy atom. The molecule has 0 fully saturated rings. The van der Waals surface area contributed by atoms with E-state index in [0.29, 0.717) is 29.5 Å². The van der Waals surface area contributed by atoms with Gasteiger partial charge in [0.05, 0.1) is 18.2 Å². The van der Waals surface area contributed by atoms with Crippen molar-refractivity contribution in [3.63, 3.8) is 0 Å². The van der Waals surface area contributed by atoms with E-state index >= 15 is 0 Å². The van der Waals surface area contributed by atoms with Gasteiger partial charge in [-0.25, -0.2) is 9.59 Å². The van der Waals surface area contributed by atoms with E-state index in [1.165, 1.54) is 6.07 Å². The molecule has 3 aromatic carbocycles. The molecule has 0 atom stereocenters. The van der Waals surface area contributed by atoms with Crippen molar-refractivity contribution < 1.29 is 28.7 Å². The van der Waals surface area contributed by atoms with E-state index in [1.807, 2.05) is 54.6 Å². The van der Waals surface area contributed by atoms with Crippen molar-refractivity contribution in [2.24, 2.45) is 0 Å². The van der Waals surface area contributed by atoms with Gasteiger partial charge in [-0.1, -0.05) is 85.9 Å². The van der Waals surface area contributed by atoms with Crippen LogP contribution < -0.4 is 16.4 Å². The Labute approximate surface area is 330 Å². The number of carbonyl (C=O) groups is 2. The highest BCUT2D eigenvalue weighted by Gasteiger charge is 2.19. The first-order chi connectivity index (χ1) is 24.6. The maximum absolute atomic E-state index is 12.0. The predicted molar refractivity (Wildman–Crippen MR) is 212 cm³/mol. The molecule has 0 bridgehead atoms. The van der Waals surface area contributed by atoms with Crippen LogP contribution in [-0.4, -0.2) is 40.2 Å². The third kappa shape index (κ3) is 13.4. The van der Waals surface area contributed by atoms with Gasteiger partial charge >= 0.3 is 11.9 Å². The molecule has 5 rings (SSSR count). The van der Waals surface area contributed by atoms with E-state index in [4.69, 9.17) is 43.6 Å². The summed E-state index contributed by atoms with van der Waals surface area (Å²) in [7, 11) is 0. The first kappa shape index (κ1) is 42.8. The third-order valence-corrected chi connectivity index (χ3v) is 10.2. The normalized spacial score (nSPS) is 10.6. The largest absolute Gasteiger partial charge is 0.507 e. The number of hydrogen-bond acceptors (Lipinski definition) is 8. The van der Waals surface area contributed by atoms with E-state index in [2.05, 4.69) is 41.8 Å². The number of H-pyrrole nitrogens is 2. The molecule has 10 nitrogen and oxygen atoms in total. The van der Waals surface area contributed by atoms with Crippen molar-refractivity contribution in [3.05, 3.63) is 159 Å². The number of aromatic amines is 2. The number of pyridine rings is 2. The van der Waals surface area contributed by atoms with Crippen molar-refractivity contribution in [2.45, 2.75) is 26.7 Å². The predicted octanol–water partition coefficient (Wildman–Crippen LogP) is 9.15. The van der Waals surface area contributed by atoms with Gasteiger partial charge in [0.25, 0.3) is 17.0 Å². The van der Waals surface area contributed by atoms with Crippen molar-refractivity contribution in [2.75, 3.05) is 13.2 Å². The third-order valence-electron chi connectivity index (χ3n) is 6.74. The molecule has 0 aliphatic rings. The molecule has 0 aliphatic carbocycles. The number of benzene rings is 3. The molecule has 0 amide bonds. The Morgan fingerprint density at radius 3 is 1.52 bits per heavy atom. The minimum absolute atomic E-state index is 0.101. The lowest BCUT2D eigenvalue weighted by Gasteiger charge is -2.07. The first-order valence-corrected chi connectivity index (χ1v) is 20.9. The van der Waals surface area contributed by atoms with Crippen LogP contribution in [0.1, 0.15) is 57.1 Å². The Morgan fingerprint density at radius 2 is 1.13 bits per heavy atom. The quantitative estimate of drug-likeness (QED) is 0.0977. The van der Waals surface area contributed by atoms with E-state index in [-0.39, 0.29) is 35.1 Å². The van der Waals surface area contributed by atoms with Crippen LogP contribution >= 0.6 is 71.8 Å². The maximum atomic E-state index is 12.0. The Kier molecular flexibility index (Phi) is 16.9. The van der Waals surface area contributed by atoms with Gasteiger partial charge in [-0.05, 0) is 89.9 Å². The van der Waals surface area contributed by atoms with Gasteiger partial charge in [0, 0.05) is 44.5 Å². The summed E-state index contributed by atoms with van der Waals surface area (Å²) in [4.78, 5) is 52.4. The lowest BCUT2D eigenvalue weighted by molar-refractivity contribution is 0.0512. The van der Waals surface area contributed by atoms with Crippen LogP contribution in [0.15, 0.2) is 110 Å². The first-order valence-electron chi connectivity index (χ1n) is 15.4. The second-order valence-corrected chi connectivity index (χ2v) is 17.6. The van der Waals surface area contributed by atoms with Crippen molar-refractivity contribution in [1.82, 2.24) is 9.97 Å². The Hall–Kier alpha value is -3.64. The average Bonchev–Trinajstić information content (AvgIpc) is 3.07. The molecule has 0 radical (unpaired) electrons. The second kappa shape index (κ2) is 20.6. The van der Waals surface area contributed by atoms with Crippen LogP contribution in [0, 0.1) is 0 Å². The van der Waals surface area contributed by atoms with Crippen molar-refractivity contribution in [3.8, 4) is 5.75 Å². The average molecular weight is 918 g/mol. The lowest BCUT2D eigenvalue weighted by Crippen LogP contribution is -2.21. The fourth-order valence-corrected chi connectivity index (χ4v) is 6.42. The molecule has 0 saturated heterocycles. The highest BCUT2D eigenvalue weighted by atomic mass is 79.9. The zero-order valence-corrected chi connectivity index (χ0v) is 34.0. The maximum Gasteiger partial charge on any atom is 0.347 e. The smallest absolute Gasteiger partial charge is 0.347 e. The minimum atomic E-state index is -3.07. The van der Waals surface area contributed by atoms with Crippen molar-refractivity contribution >= 4 is 89.0 Å². The molecule has 0 spiro atoms. The molecule has 5 aromatic rings. The minimum Gasteiger partial charge on any atom is -0.507 e. The molecule has 2 aromatic heterocycles. The van der Waals surface area contributed by atoms with Gasteiger partial charge in [0.1, 0.15) is 11.3 Å². The Balaban J connectivity index is 0.000000224. The van der Waals surface area contributed by atoms with Crippen LogP contribution in [0.3, 0.4) is 0 Å². The monoisotopic (exact) mass is 914 g/mol. The molecule has 3 N–H and O–H groups in total. The molecule has 2 heterocycles. The summed E-state index contributed by atoms with van der Waals surface area (Å²) in [6, 6.07) is 26.8. The van der Waals surface area contributed by atoms with Gasteiger partial charge in [-0.15, -0.1) is 0 Å². The van der Waals surface area contributed by atoms with E-state index in [1.54, 1.807) is 44.2 Å². The standard InChI is InChI=1S/C15H13BrClNO3.C15H14BrNO4.C6H5Cl2OP/c1-2-21-15(20)13-12(17)8-11(18-14(13)19)7-9-3-5-10(16)6-4-9;1-2-21-15(20)13-12(18)8-11(17-14(13)19)7-9-3-5-10(16)6-4-9;7-10(8,9)6-4-2-1-3-5-6/h3-6,8H,2,7H2,1H3,(H,18,19);3-6,8H,2,7H2,1H3,(H2,17,18,19);1-5H. The second-order valence-electron chi connectivity index (χ2n) is 10.6. The van der Waals surface area contributed by atoms with Gasteiger partial charge < -0.3 is 24.5 Å². The Bertz CT molecular complexity index is 2020. The number of aromatic hydroxyl groups is 1. The van der Waals surface area contributed by atoms with E-state index in [9.17, 15) is 28.8 Å². The number of nitrogens with one attached hydrogen (secondary N) is 2. The van der Waals surface area contributed by atoms with Crippen LogP contribution in [-0.2, 0) is 26.9 Å². The number of ether oxygens (including phenoxy) is 2. The van der Waals surface area contributed by atoms with Gasteiger partial charge in [0.2, 0.25) is 0 Å². The summed E-state index contributed by atoms with van der Waals surface area (Å²) in [5.41, 5.74) is 1.45. The molecule has 0 saturated carbocycles. The number of rotatable bonds is 9. The summed E-state index contributed by atoms with van der Waals surface area (Å²) in [5, 5.41) is 10.4. The van der Waals surface area contributed by atoms with Crippen LogP contribution in [0.2, 0.25) is 5.02 Å². The topological polar surface area (TPSA) is 156 Å². The van der Waals surface area contributed by atoms with Gasteiger partial charge in [0.15, 0.2) is 5.56 Å². The molecule has 16 heteroatoms. The molecular formula is C36H32Br2Cl3N2O8P. The highest BCUT2D eigenvalue weighted by molar-refractivity contribution is 9.10. The lowest BCUT2D eigenvalue weighted by atomic mass is 10.1. The highest BCUT2D eigenvalue weighted by Crippen LogP contribution is 2.54. The van der Waals surface area contributed by atoms with E-state index in [0.717, 1.165) is 20.1 Å². The van der Waals surface area contributed by atoms with Crippen LogP contribution in [0.5, 0.6) is 5.75 Å². The summed E-state index contributed by atoms with van der Waals surface area (Å²) >= 11 is 23.5. The fourth-order valence-electron chi connectivity index (χ4n) is 4.41. The van der Waals surface area contributed by atoms with E-state index < -0.39 is 28.9 Å². The van der Waals surface area contributed by atoms with Gasteiger partial charge in [-0.3, -0.25) is 14.2 Å². The zero-order valence-electron chi connectivity index (χ0n) is 27.6. The molecule has 0 aliphatic heterocycles.